The second-order valence-corrected chi connectivity index (χ2v) is 8.00. The van der Waals surface area contributed by atoms with Gasteiger partial charge in [0.05, 0.1) is 5.56 Å². The molecule has 0 atom stereocenters. The smallest absolute Gasteiger partial charge is 0.338 e. The Bertz CT molecular complexity index is 1510. The van der Waals surface area contributed by atoms with Gasteiger partial charge in [0.1, 0.15) is 27.8 Å². The lowest BCUT2D eigenvalue weighted by Gasteiger charge is -2.10. The fourth-order valence-corrected chi connectivity index (χ4v) is 4.09. The van der Waals surface area contributed by atoms with Crippen LogP contribution in [0.3, 0.4) is 0 Å². The second kappa shape index (κ2) is 7.35. The summed E-state index contributed by atoms with van der Waals surface area (Å²) >= 11 is 0. The fraction of sp³-hybridized carbons (Fsp3) is 0. The summed E-state index contributed by atoms with van der Waals surface area (Å²) in [6.45, 7) is 0. The molecule has 0 aliphatic heterocycles. The number of aromatic hydroxyl groups is 2. The minimum Gasteiger partial charge on any atom is -0.506 e. The first-order valence-electron chi connectivity index (χ1n) is 8.80. The molecule has 0 heterocycles. The Morgan fingerprint density at radius 1 is 0.774 bits per heavy atom. The van der Waals surface area contributed by atoms with Crippen molar-refractivity contribution in [1.82, 2.24) is 0 Å². The zero-order valence-corrected chi connectivity index (χ0v) is 16.4. The number of phenols is 2. The Hall–Kier alpha value is -4.02. The van der Waals surface area contributed by atoms with Crippen molar-refractivity contribution < 1.29 is 33.1 Å². The maximum Gasteiger partial charge on any atom is 0.338 e. The number of rotatable bonds is 4. The number of carboxylic acids is 1. The zero-order valence-electron chi connectivity index (χ0n) is 15.6. The van der Waals surface area contributed by atoms with E-state index in [1.54, 1.807) is 30.3 Å². The number of fused-ring (bicyclic) bond motifs is 2. The highest BCUT2D eigenvalue weighted by molar-refractivity contribution is 7.86. The van der Waals surface area contributed by atoms with Gasteiger partial charge < -0.3 is 15.3 Å². The highest BCUT2D eigenvalue weighted by Crippen LogP contribution is 2.42. The van der Waals surface area contributed by atoms with Crippen LogP contribution in [0.4, 0.5) is 11.4 Å². The molecule has 0 radical (unpaired) electrons. The third-order valence-electron chi connectivity index (χ3n) is 4.70. The standard InChI is InChI=1S/C21H14N2O7S/c24-15-9-11-5-1-2-6-12(11)18(21(26)27)20(15)23-22-19-14-8-4-3-7-13(14)17(10-16(19)25)31(28,29)30/h1-10,24-25H,(H,26,27)(H,28,29,30). The molecule has 4 aromatic rings. The Balaban J connectivity index is 1.98. The number of nitrogens with zero attached hydrogens (tertiary/aromatic N) is 2. The molecule has 0 saturated heterocycles. The lowest BCUT2D eigenvalue weighted by atomic mass is 10.0. The number of hydrogen-bond donors (Lipinski definition) is 4. The van der Waals surface area contributed by atoms with E-state index in [-0.39, 0.29) is 27.7 Å². The predicted molar refractivity (Wildman–Crippen MR) is 112 cm³/mol. The van der Waals surface area contributed by atoms with E-state index < -0.39 is 32.5 Å². The van der Waals surface area contributed by atoms with Gasteiger partial charge in [-0.25, -0.2) is 4.79 Å². The normalized spacial score (nSPS) is 12.0. The van der Waals surface area contributed by atoms with Crippen molar-refractivity contribution in [3.8, 4) is 11.5 Å². The maximum atomic E-state index is 11.9. The van der Waals surface area contributed by atoms with Gasteiger partial charge in [-0.15, -0.1) is 10.2 Å². The van der Waals surface area contributed by atoms with Crippen LogP contribution in [0.15, 0.2) is 75.8 Å². The third-order valence-corrected chi connectivity index (χ3v) is 5.60. The molecule has 4 aromatic carbocycles. The molecular weight excluding hydrogens is 424 g/mol. The average Bonchev–Trinajstić information content (AvgIpc) is 2.71. The van der Waals surface area contributed by atoms with Crippen molar-refractivity contribution in [1.29, 1.82) is 0 Å². The van der Waals surface area contributed by atoms with Gasteiger partial charge in [0.2, 0.25) is 0 Å². The summed E-state index contributed by atoms with van der Waals surface area (Å²) in [7, 11) is -4.63. The number of benzene rings is 4. The minimum absolute atomic E-state index is 0.0814. The predicted octanol–water partition coefficient (Wildman–Crippen LogP) is 4.76. The summed E-state index contributed by atoms with van der Waals surface area (Å²) in [5.74, 6) is -2.37. The van der Waals surface area contributed by atoms with Crippen LogP contribution in [0.5, 0.6) is 11.5 Å². The van der Waals surface area contributed by atoms with Crippen LogP contribution in [0.25, 0.3) is 21.5 Å². The van der Waals surface area contributed by atoms with Gasteiger partial charge in [-0.3, -0.25) is 4.55 Å². The number of carbonyl (C=O) groups is 1. The van der Waals surface area contributed by atoms with Crippen LogP contribution >= 0.6 is 0 Å². The molecule has 10 heteroatoms. The number of aromatic carboxylic acids is 1. The number of carboxylic acid groups (broad SMARTS) is 1. The first kappa shape index (κ1) is 20.3. The van der Waals surface area contributed by atoms with E-state index >= 15 is 0 Å². The van der Waals surface area contributed by atoms with Crippen molar-refractivity contribution in [2.45, 2.75) is 4.90 Å². The van der Waals surface area contributed by atoms with Crippen molar-refractivity contribution in [3.05, 3.63) is 66.2 Å². The first-order chi connectivity index (χ1) is 14.7. The first-order valence-corrected chi connectivity index (χ1v) is 10.2. The summed E-state index contributed by atoms with van der Waals surface area (Å²) in [4.78, 5) is 11.4. The van der Waals surface area contributed by atoms with Gasteiger partial charge in [-0.2, -0.15) is 8.42 Å². The minimum atomic E-state index is -4.63. The van der Waals surface area contributed by atoms with Crippen LogP contribution in [0, 0.1) is 0 Å². The SMILES string of the molecule is O=C(O)c1c(N=Nc2c(O)cc(S(=O)(=O)O)c3ccccc23)c(O)cc2ccccc12. The molecule has 0 saturated carbocycles. The zero-order chi connectivity index (χ0) is 22.3. The lowest BCUT2D eigenvalue weighted by Crippen LogP contribution is -1.99. The third kappa shape index (κ3) is 3.54. The molecule has 9 nitrogen and oxygen atoms in total. The lowest BCUT2D eigenvalue weighted by molar-refractivity contribution is 0.0699. The van der Waals surface area contributed by atoms with Crippen LogP contribution in [0.1, 0.15) is 10.4 Å². The topological polar surface area (TPSA) is 157 Å². The highest BCUT2D eigenvalue weighted by atomic mass is 32.2. The molecule has 0 aliphatic carbocycles. The van der Waals surface area contributed by atoms with E-state index in [4.69, 9.17) is 0 Å². The van der Waals surface area contributed by atoms with Gasteiger partial charge in [0.15, 0.2) is 0 Å². The van der Waals surface area contributed by atoms with Crippen molar-refractivity contribution in [2.24, 2.45) is 10.2 Å². The molecular formula is C21H14N2O7S. The molecule has 4 rings (SSSR count). The molecule has 0 spiro atoms. The van der Waals surface area contributed by atoms with E-state index in [1.165, 1.54) is 24.3 Å². The summed E-state index contributed by atoms with van der Waals surface area (Å²) in [5.41, 5.74) is -0.766. The van der Waals surface area contributed by atoms with Crippen LogP contribution < -0.4 is 0 Å². The van der Waals surface area contributed by atoms with Crippen molar-refractivity contribution in [2.75, 3.05) is 0 Å². The number of hydrogen-bond acceptors (Lipinski definition) is 7. The van der Waals surface area contributed by atoms with E-state index in [0.717, 1.165) is 6.07 Å². The summed E-state index contributed by atoms with van der Waals surface area (Å²) in [6, 6.07) is 14.7. The summed E-state index contributed by atoms with van der Waals surface area (Å²) in [5, 5.41) is 39.2. The second-order valence-electron chi connectivity index (χ2n) is 6.61. The average molecular weight is 438 g/mol. The number of azo groups is 1. The molecule has 156 valence electrons. The summed E-state index contributed by atoms with van der Waals surface area (Å²) in [6.07, 6.45) is 0. The van der Waals surface area contributed by atoms with Gasteiger partial charge in [-0.05, 0) is 16.8 Å². The fourth-order valence-electron chi connectivity index (χ4n) is 3.37. The van der Waals surface area contributed by atoms with E-state index in [9.17, 15) is 33.1 Å². The van der Waals surface area contributed by atoms with E-state index in [1.807, 2.05) is 0 Å². The molecule has 0 fully saturated rings. The van der Waals surface area contributed by atoms with E-state index in [0.29, 0.717) is 10.8 Å². The molecule has 0 aromatic heterocycles. The summed E-state index contributed by atoms with van der Waals surface area (Å²) < 4.78 is 32.8. The van der Waals surface area contributed by atoms with Crippen LogP contribution in [-0.4, -0.2) is 34.3 Å². The monoisotopic (exact) mass is 438 g/mol. The molecule has 0 amide bonds. The Kier molecular flexibility index (Phi) is 4.80. The largest absolute Gasteiger partial charge is 0.506 e. The number of phenolic OH excluding ortho intramolecular Hbond substituents is 2. The molecule has 0 aliphatic rings. The van der Waals surface area contributed by atoms with Gasteiger partial charge in [-0.1, -0.05) is 48.5 Å². The van der Waals surface area contributed by atoms with Gasteiger partial charge in [0, 0.05) is 16.8 Å². The van der Waals surface area contributed by atoms with E-state index in [2.05, 4.69) is 10.2 Å². The Morgan fingerprint density at radius 2 is 1.32 bits per heavy atom. The van der Waals surface area contributed by atoms with Gasteiger partial charge in [0.25, 0.3) is 10.1 Å². The van der Waals surface area contributed by atoms with Crippen LogP contribution in [0.2, 0.25) is 0 Å². The highest BCUT2D eigenvalue weighted by Gasteiger charge is 2.21. The van der Waals surface area contributed by atoms with Crippen molar-refractivity contribution in [3.63, 3.8) is 0 Å². The Labute approximate surface area is 175 Å². The van der Waals surface area contributed by atoms with Crippen LogP contribution in [-0.2, 0) is 10.1 Å². The van der Waals surface area contributed by atoms with Gasteiger partial charge >= 0.3 is 5.97 Å². The molecule has 0 bridgehead atoms. The quantitative estimate of drug-likeness (QED) is 0.264. The molecule has 0 unspecified atom stereocenters. The maximum absolute atomic E-state index is 11.9. The molecule has 4 N–H and O–H groups in total. The van der Waals surface area contributed by atoms with Crippen molar-refractivity contribution >= 4 is 49.0 Å². The molecule has 31 heavy (non-hydrogen) atoms. The Morgan fingerprint density at radius 3 is 1.97 bits per heavy atom.